The molecule has 2 aliphatic heterocycles. The van der Waals surface area contributed by atoms with Crippen LogP contribution in [0.5, 0.6) is 0 Å². The second-order valence-electron chi connectivity index (χ2n) is 5.32. The molecule has 0 saturated carbocycles. The number of hydrogen-bond acceptors (Lipinski definition) is 5. The number of aliphatic carboxylic acids is 1. The first-order chi connectivity index (χ1) is 10.1. The average Bonchev–Trinajstić information content (AvgIpc) is 2.94. The summed E-state index contributed by atoms with van der Waals surface area (Å²) >= 11 is 3.35. The van der Waals surface area contributed by atoms with Gasteiger partial charge in [-0.1, -0.05) is 0 Å². The second kappa shape index (κ2) is 5.98. The van der Waals surface area contributed by atoms with Gasteiger partial charge in [0.05, 0.1) is 12.6 Å². The summed E-state index contributed by atoms with van der Waals surface area (Å²) in [4.78, 5) is 26.9. The molecule has 7 heteroatoms. The molecule has 1 fully saturated rings. The monoisotopic (exact) mass is 327 g/mol. The molecular formula is C14H17NO4S2. The van der Waals surface area contributed by atoms with E-state index in [1.807, 2.05) is 11.4 Å². The number of thiophene rings is 1. The molecule has 5 nitrogen and oxygen atoms in total. The molecule has 3 heterocycles. The van der Waals surface area contributed by atoms with Crippen LogP contribution >= 0.6 is 23.1 Å². The van der Waals surface area contributed by atoms with Crippen molar-refractivity contribution in [3.05, 3.63) is 21.9 Å². The third-order valence-electron chi connectivity index (χ3n) is 3.75. The van der Waals surface area contributed by atoms with Crippen LogP contribution in [0.25, 0.3) is 0 Å². The van der Waals surface area contributed by atoms with Gasteiger partial charge in [-0.15, -0.1) is 23.1 Å². The Hall–Kier alpha value is -1.05. The Bertz CT molecular complexity index is 559. The van der Waals surface area contributed by atoms with Gasteiger partial charge < -0.3 is 14.7 Å². The maximum absolute atomic E-state index is 12.8. The Kier molecular flexibility index (Phi) is 4.24. The summed E-state index contributed by atoms with van der Waals surface area (Å²) in [6.07, 6.45) is -0.161. The van der Waals surface area contributed by atoms with Gasteiger partial charge >= 0.3 is 5.97 Å². The summed E-state index contributed by atoms with van der Waals surface area (Å²) in [5.41, 5.74) is 1.10. The van der Waals surface area contributed by atoms with Crippen LogP contribution in [0, 0.1) is 0 Å². The number of nitrogens with zero attached hydrogens (tertiary/aromatic N) is 1. The van der Waals surface area contributed by atoms with Crippen LogP contribution in [0.15, 0.2) is 11.4 Å². The standard InChI is InChI=1S/C14H17NO4S2/c1-8-6-15(7-10(19-8)14(17)18)13(16)12-9-2-4-20-11(9)3-5-21-12/h2,4,8,10,12H,3,5-7H2,1H3,(H,17,18)/t8-,10?,12?/m1/s1. The zero-order valence-corrected chi connectivity index (χ0v) is 13.3. The molecule has 0 bridgehead atoms. The number of fused-ring (bicyclic) bond motifs is 1. The normalized spacial score (nSPS) is 29.0. The largest absolute Gasteiger partial charge is 0.479 e. The molecule has 0 spiro atoms. The van der Waals surface area contributed by atoms with E-state index >= 15 is 0 Å². The number of carbonyl (C=O) groups excluding carboxylic acids is 1. The van der Waals surface area contributed by atoms with Crippen molar-refractivity contribution in [1.82, 2.24) is 4.90 Å². The molecule has 3 rings (SSSR count). The zero-order chi connectivity index (χ0) is 15.0. The van der Waals surface area contributed by atoms with Crippen molar-refractivity contribution in [2.75, 3.05) is 18.8 Å². The van der Waals surface area contributed by atoms with Gasteiger partial charge in [0.15, 0.2) is 6.10 Å². The highest BCUT2D eigenvalue weighted by molar-refractivity contribution is 8.00. The van der Waals surface area contributed by atoms with Crippen LogP contribution in [-0.2, 0) is 20.7 Å². The number of thioether (sulfide) groups is 1. The first-order valence-corrected chi connectivity index (χ1v) is 8.84. The Balaban J connectivity index is 1.78. The first kappa shape index (κ1) is 14.9. The number of amides is 1. The molecule has 1 N–H and O–H groups in total. The number of ether oxygens (including phenoxy) is 1. The highest BCUT2D eigenvalue weighted by Gasteiger charge is 2.37. The molecule has 1 amide bonds. The van der Waals surface area contributed by atoms with Gasteiger partial charge in [0.2, 0.25) is 5.91 Å². The number of carbonyl (C=O) groups is 2. The lowest BCUT2D eigenvalue weighted by Gasteiger charge is -2.37. The Morgan fingerprint density at radius 3 is 3.00 bits per heavy atom. The van der Waals surface area contributed by atoms with E-state index in [0.29, 0.717) is 6.54 Å². The van der Waals surface area contributed by atoms with Crippen LogP contribution in [0.4, 0.5) is 0 Å². The fraction of sp³-hybridized carbons (Fsp3) is 0.571. The molecular weight excluding hydrogens is 310 g/mol. The van der Waals surface area contributed by atoms with Crippen molar-refractivity contribution in [3.63, 3.8) is 0 Å². The molecule has 1 saturated heterocycles. The molecule has 2 unspecified atom stereocenters. The lowest BCUT2D eigenvalue weighted by molar-refractivity contribution is -0.166. The number of hydrogen-bond donors (Lipinski definition) is 1. The van der Waals surface area contributed by atoms with Gasteiger partial charge in [-0.2, -0.15) is 0 Å². The predicted octanol–water partition coefficient (Wildman–Crippen LogP) is 1.78. The number of rotatable bonds is 2. The maximum Gasteiger partial charge on any atom is 0.334 e. The summed E-state index contributed by atoms with van der Waals surface area (Å²) < 4.78 is 5.37. The second-order valence-corrected chi connectivity index (χ2v) is 7.53. The van der Waals surface area contributed by atoms with Crippen LogP contribution in [0.1, 0.15) is 22.6 Å². The van der Waals surface area contributed by atoms with Crippen molar-refractivity contribution >= 4 is 35.0 Å². The van der Waals surface area contributed by atoms with E-state index in [1.54, 1.807) is 34.9 Å². The van der Waals surface area contributed by atoms with Gasteiger partial charge in [-0.25, -0.2) is 4.79 Å². The SMILES string of the molecule is C[C@@H]1CN(C(=O)C2SCCc3sccc32)CC(C(=O)O)O1. The number of aryl methyl sites for hydroxylation is 1. The van der Waals surface area contributed by atoms with Crippen molar-refractivity contribution < 1.29 is 19.4 Å². The highest BCUT2D eigenvalue weighted by Crippen LogP contribution is 2.40. The first-order valence-electron chi connectivity index (χ1n) is 6.91. The minimum atomic E-state index is -1.01. The fourth-order valence-corrected chi connectivity index (χ4v) is 5.16. The van der Waals surface area contributed by atoms with Crippen molar-refractivity contribution in [2.24, 2.45) is 0 Å². The van der Waals surface area contributed by atoms with E-state index in [1.165, 1.54) is 4.88 Å². The molecule has 114 valence electrons. The van der Waals surface area contributed by atoms with E-state index < -0.39 is 12.1 Å². The van der Waals surface area contributed by atoms with Gasteiger partial charge in [0.1, 0.15) is 5.25 Å². The van der Waals surface area contributed by atoms with Crippen molar-refractivity contribution in [3.8, 4) is 0 Å². The average molecular weight is 327 g/mol. The van der Waals surface area contributed by atoms with Crippen LogP contribution in [-0.4, -0.2) is 52.9 Å². The molecule has 0 aliphatic carbocycles. The van der Waals surface area contributed by atoms with Gasteiger partial charge in [0, 0.05) is 11.4 Å². The molecule has 0 radical (unpaired) electrons. The third-order valence-corrected chi connectivity index (χ3v) is 5.97. The minimum Gasteiger partial charge on any atom is -0.479 e. The minimum absolute atomic E-state index is 0.0146. The zero-order valence-electron chi connectivity index (χ0n) is 11.7. The van der Waals surface area contributed by atoms with Crippen LogP contribution in [0.3, 0.4) is 0 Å². The molecule has 3 atom stereocenters. The molecule has 2 aliphatic rings. The van der Waals surface area contributed by atoms with Gasteiger partial charge in [-0.05, 0) is 36.1 Å². The van der Waals surface area contributed by atoms with E-state index in [4.69, 9.17) is 9.84 Å². The number of carboxylic acid groups (broad SMARTS) is 1. The lowest BCUT2D eigenvalue weighted by Crippen LogP contribution is -2.52. The smallest absolute Gasteiger partial charge is 0.334 e. The summed E-state index contributed by atoms with van der Waals surface area (Å²) in [6, 6.07) is 2.02. The van der Waals surface area contributed by atoms with Crippen LogP contribution < -0.4 is 0 Å². The quantitative estimate of drug-likeness (QED) is 0.897. The maximum atomic E-state index is 12.8. The number of carboxylic acids is 1. The van der Waals surface area contributed by atoms with E-state index in [-0.39, 0.29) is 23.8 Å². The summed E-state index contributed by atoms with van der Waals surface area (Å²) in [5, 5.41) is 11.0. The summed E-state index contributed by atoms with van der Waals surface area (Å²) in [5.74, 6) is -0.0563. The number of morpholine rings is 1. The summed E-state index contributed by atoms with van der Waals surface area (Å²) in [6.45, 7) is 2.40. The molecule has 21 heavy (non-hydrogen) atoms. The van der Waals surface area contributed by atoms with Gasteiger partial charge in [0.25, 0.3) is 0 Å². The van der Waals surface area contributed by atoms with Crippen molar-refractivity contribution in [1.29, 1.82) is 0 Å². The Morgan fingerprint density at radius 2 is 2.24 bits per heavy atom. The fourth-order valence-electron chi connectivity index (χ4n) is 2.78. The Morgan fingerprint density at radius 1 is 1.43 bits per heavy atom. The van der Waals surface area contributed by atoms with Crippen LogP contribution in [0.2, 0.25) is 0 Å². The molecule has 1 aromatic rings. The van der Waals surface area contributed by atoms with E-state index in [0.717, 1.165) is 17.7 Å². The van der Waals surface area contributed by atoms with Crippen molar-refractivity contribution in [2.45, 2.75) is 30.8 Å². The Labute approximate surface area is 131 Å². The topological polar surface area (TPSA) is 66.8 Å². The lowest BCUT2D eigenvalue weighted by atomic mass is 10.1. The van der Waals surface area contributed by atoms with Gasteiger partial charge in [-0.3, -0.25) is 4.79 Å². The van der Waals surface area contributed by atoms with E-state index in [2.05, 4.69) is 0 Å². The summed E-state index contributed by atoms with van der Waals surface area (Å²) in [7, 11) is 0. The highest BCUT2D eigenvalue weighted by atomic mass is 32.2. The predicted molar refractivity (Wildman–Crippen MR) is 81.8 cm³/mol. The third kappa shape index (κ3) is 2.95. The molecule has 1 aromatic heterocycles. The molecule has 0 aromatic carbocycles. The van der Waals surface area contributed by atoms with E-state index in [9.17, 15) is 9.59 Å².